The molecule has 0 aromatic heterocycles. The van der Waals surface area contributed by atoms with Crippen molar-refractivity contribution < 1.29 is 0 Å². The van der Waals surface area contributed by atoms with E-state index in [-0.39, 0.29) is 0 Å². The molecule has 0 aromatic carbocycles. The zero-order valence-corrected chi connectivity index (χ0v) is 21.0. The molecule has 2 fully saturated rings. The van der Waals surface area contributed by atoms with E-state index < -0.39 is 0 Å². The van der Waals surface area contributed by atoms with Gasteiger partial charge in [0.2, 0.25) is 0 Å². The summed E-state index contributed by atoms with van der Waals surface area (Å²) in [6.45, 7) is 4.89. The zero-order chi connectivity index (χ0) is 22.3. The smallest absolute Gasteiger partial charge is 0.00389 e. The molecule has 178 valence electrons. The molecular formula is C31H49N. The van der Waals surface area contributed by atoms with Gasteiger partial charge >= 0.3 is 0 Å². The fourth-order valence-electron chi connectivity index (χ4n) is 7.36. The predicted molar refractivity (Wildman–Crippen MR) is 139 cm³/mol. The minimum absolute atomic E-state index is 0.453. The van der Waals surface area contributed by atoms with Crippen LogP contribution < -0.4 is 5.73 Å². The normalized spacial score (nSPS) is 35.5. The molecular weight excluding hydrogens is 386 g/mol. The van der Waals surface area contributed by atoms with Crippen molar-refractivity contribution in [3.05, 3.63) is 47.6 Å². The third kappa shape index (κ3) is 6.72. The first-order valence-electron chi connectivity index (χ1n) is 14.1. The highest BCUT2D eigenvalue weighted by Crippen LogP contribution is 2.48. The van der Waals surface area contributed by atoms with Gasteiger partial charge in [-0.15, -0.1) is 0 Å². The molecule has 0 aromatic rings. The second kappa shape index (κ2) is 11.9. The van der Waals surface area contributed by atoms with Crippen LogP contribution in [0.25, 0.3) is 0 Å². The van der Waals surface area contributed by atoms with Gasteiger partial charge in [0.1, 0.15) is 0 Å². The van der Waals surface area contributed by atoms with Gasteiger partial charge in [-0.25, -0.2) is 0 Å². The molecule has 0 heterocycles. The largest absolute Gasteiger partial charge is 0.328 e. The van der Waals surface area contributed by atoms with Gasteiger partial charge in [-0.05, 0) is 113 Å². The van der Waals surface area contributed by atoms with E-state index in [1.54, 1.807) is 11.1 Å². The van der Waals surface area contributed by atoms with Crippen LogP contribution in [0, 0.1) is 35.5 Å². The Kier molecular flexibility index (Phi) is 8.92. The summed E-state index contributed by atoms with van der Waals surface area (Å²) in [5.74, 6) is 5.10. The average Bonchev–Trinajstić information content (AvgIpc) is 2.98. The monoisotopic (exact) mass is 435 g/mol. The van der Waals surface area contributed by atoms with Crippen molar-refractivity contribution in [1.82, 2.24) is 0 Å². The molecule has 0 spiro atoms. The van der Waals surface area contributed by atoms with E-state index in [1.165, 1.54) is 89.9 Å². The van der Waals surface area contributed by atoms with Crippen LogP contribution in [0.2, 0.25) is 0 Å². The molecule has 0 bridgehead atoms. The molecule has 1 nitrogen and oxygen atoms in total. The molecule has 0 saturated heterocycles. The summed E-state index contributed by atoms with van der Waals surface area (Å²) >= 11 is 0. The lowest BCUT2D eigenvalue weighted by molar-refractivity contribution is 0.195. The lowest BCUT2D eigenvalue weighted by Gasteiger charge is -2.33. The van der Waals surface area contributed by atoms with Gasteiger partial charge in [-0.3, -0.25) is 0 Å². The zero-order valence-electron chi connectivity index (χ0n) is 21.0. The van der Waals surface area contributed by atoms with Crippen molar-refractivity contribution in [3.8, 4) is 0 Å². The summed E-state index contributed by atoms with van der Waals surface area (Å²) < 4.78 is 0. The lowest BCUT2D eigenvalue weighted by Crippen LogP contribution is -2.24. The van der Waals surface area contributed by atoms with Crippen LogP contribution in [-0.2, 0) is 0 Å². The Balaban J connectivity index is 1.41. The van der Waals surface area contributed by atoms with Crippen molar-refractivity contribution >= 4 is 0 Å². The van der Waals surface area contributed by atoms with E-state index in [1.807, 2.05) is 0 Å². The summed E-state index contributed by atoms with van der Waals surface area (Å²) in [5, 5.41) is 0. The third-order valence-electron chi connectivity index (χ3n) is 9.27. The summed E-state index contributed by atoms with van der Waals surface area (Å²) in [5.41, 5.74) is 9.72. The highest BCUT2D eigenvalue weighted by atomic mass is 14.6. The molecule has 1 heteroatoms. The minimum atomic E-state index is 0.453. The van der Waals surface area contributed by atoms with E-state index in [2.05, 4.69) is 50.3 Å². The van der Waals surface area contributed by atoms with Gasteiger partial charge in [0.15, 0.2) is 0 Å². The van der Waals surface area contributed by atoms with Crippen LogP contribution in [0.1, 0.15) is 104 Å². The van der Waals surface area contributed by atoms with Crippen LogP contribution >= 0.6 is 0 Å². The fourth-order valence-corrected chi connectivity index (χ4v) is 7.36. The molecule has 4 aliphatic rings. The van der Waals surface area contributed by atoms with Gasteiger partial charge in [-0.1, -0.05) is 74.3 Å². The van der Waals surface area contributed by atoms with Crippen molar-refractivity contribution in [1.29, 1.82) is 0 Å². The Labute approximate surface area is 198 Å². The maximum absolute atomic E-state index is 6.38. The molecule has 0 radical (unpaired) electrons. The first-order chi connectivity index (χ1) is 15.6. The molecule has 4 rings (SSSR count). The molecule has 32 heavy (non-hydrogen) atoms. The Bertz CT molecular complexity index is 710. The highest BCUT2D eigenvalue weighted by molar-refractivity contribution is 5.21. The number of hydrogen-bond acceptors (Lipinski definition) is 1. The first kappa shape index (κ1) is 24.1. The van der Waals surface area contributed by atoms with E-state index in [4.69, 9.17) is 5.73 Å². The quantitative estimate of drug-likeness (QED) is 0.314. The summed E-state index contributed by atoms with van der Waals surface area (Å²) in [4.78, 5) is 0. The highest BCUT2D eigenvalue weighted by Gasteiger charge is 2.37. The van der Waals surface area contributed by atoms with Crippen molar-refractivity contribution in [2.24, 2.45) is 41.2 Å². The van der Waals surface area contributed by atoms with E-state index in [0.29, 0.717) is 12.0 Å². The maximum Gasteiger partial charge on any atom is 0.00389 e. The molecule has 7 atom stereocenters. The Morgan fingerprint density at radius 1 is 0.906 bits per heavy atom. The minimum Gasteiger partial charge on any atom is -0.328 e. The van der Waals surface area contributed by atoms with Crippen molar-refractivity contribution in [2.45, 2.75) is 110 Å². The Morgan fingerprint density at radius 2 is 1.75 bits per heavy atom. The SMILES string of the molecule is CC1C=CCC(CC(C2CCCC(N)CC2)C2CCC(C(C)CC3=CCCCC=C3)C2)=C1. The first-order valence-corrected chi connectivity index (χ1v) is 14.1. The second-order valence-electron chi connectivity index (χ2n) is 11.8. The van der Waals surface area contributed by atoms with Gasteiger partial charge in [0.25, 0.3) is 0 Å². The molecule has 2 N–H and O–H groups in total. The predicted octanol–water partition coefficient (Wildman–Crippen LogP) is 8.53. The number of hydrogen-bond donors (Lipinski definition) is 1. The van der Waals surface area contributed by atoms with Crippen LogP contribution in [0.15, 0.2) is 47.6 Å². The average molecular weight is 436 g/mol. The maximum atomic E-state index is 6.38. The number of allylic oxidation sites excluding steroid dienone is 8. The molecule has 0 amide bonds. The molecule has 0 aliphatic heterocycles. The van der Waals surface area contributed by atoms with Gasteiger partial charge in [0, 0.05) is 6.04 Å². The van der Waals surface area contributed by atoms with Crippen LogP contribution in [0.5, 0.6) is 0 Å². The molecule has 2 saturated carbocycles. The van der Waals surface area contributed by atoms with Gasteiger partial charge < -0.3 is 5.73 Å². The van der Waals surface area contributed by atoms with Gasteiger partial charge in [0.05, 0.1) is 0 Å². The standard InChI is InChI=1S/C31H49N/c1-23-9-7-12-26(19-23)21-31(27-13-8-14-30(32)18-17-27)29-16-15-28(22-29)24(2)20-25-10-5-3-4-6-11-25/h5,7,9-11,19,23-24,27-31H,3-4,6,8,12-18,20-22,32H2,1-2H3. The van der Waals surface area contributed by atoms with Crippen LogP contribution in [0.3, 0.4) is 0 Å². The Morgan fingerprint density at radius 3 is 2.62 bits per heavy atom. The van der Waals surface area contributed by atoms with Crippen LogP contribution in [-0.4, -0.2) is 6.04 Å². The fraction of sp³-hybridized carbons (Fsp3) is 0.742. The Hall–Kier alpha value is -1.08. The van der Waals surface area contributed by atoms with E-state index in [9.17, 15) is 0 Å². The summed E-state index contributed by atoms with van der Waals surface area (Å²) in [6, 6.07) is 0.453. The lowest BCUT2D eigenvalue weighted by atomic mass is 9.72. The van der Waals surface area contributed by atoms with E-state index in [0.717, 1.165) is 29.6 Å². The van der Waals surface area contributed by atoms with E-state index >= 15 is 0 Å². The van der Waals surface area contributed by atoms with Crippen LogP contribution in [0.4, 0.5) is 0 Å². The van der Waals surface area contributed by atoms with Crippen molar-refractivity contribution in [3.63, 3.8) is 0 Å². The number of nitrogens with two attached hydrogens (primary N) is 1. The summed E-state index contributed by atoms with van der Waals surface area (Å²) in [6.07, 6.45) is 33.5. The molecule has 4 aliphatic carbocycles. The summed E-state index contributed by atoms with van der Waals surface area (Å²) in [7, 11) is 0. The third-order valence-corrected chi connectivity index (χ3v) is 9.27. The number of rotatable bonds is 7. The topological polar surface area (TPSA) is 26.0 Å². The van der Waals surface area contributed by atoms with Gasteiger partial charge in [-0.2, -0.15) is 0 Å². The van der Waals surface area contributed by atoms with Crippen molar-refractivity contribution in [2.75, 3.05) is 0 Å². The second-order valence-corrected chi connectivity index (χ2v) is 11.8. The molecule has 7 unspecified atom stereocenters.